The van der Waals surface area contributed by atoms with Crippen molar-refractivity contribution in [3.05, 3.63) is 41.2 Å². The Kier molecular flexibility index (Phi) is 2.91. The Morgan fingerprint density at radius 1 is 1.14 bits per heavy atom. The van der Waals surface area contributed by atoms with Crippen LogP contribution in [0.25, 0.3) is 6.08 Å². The van der Waals surface area contributed by atoms with Gasteiger partial charge >= 0.3 is 0 Å². The zero-order chi connectivity index (χ0) is 10.7. The van der Waals surface area contributed by atoms with Gasteiger partial charge in [-0.1, -0.05) is 6.08 Å². The van der Waals surface area contributed by atoms with E-state index in [1.165, 1.54) is 0 Å². The number of benzene rings is 1. The molecule has 0 atom stereocenters. The number of carboxylic acids is 1. The quantitative estimate of drug-likeness (QED) is 0.526. The Labute approximate surface area is 77.3 Å². The van der Waals surface area contributed by atoms with Gasteiger partial charge in [-0.25, -0.2) is 13.2 Å². The second-order valence-corrected chi connectivity index (χ2v) is 2.44. The fourth-order valence-corrected chi connectivity index (χ4v) is 0.823. The molecule has 2 nitrogen and oxygen atoms in total. The number of hydrogen-bond donors (Lipinski definition) is 0. The highest BCUT2D eigenvalue weighted by molar-refractivity contribution is 5.83. The first-order valence-corrected chi connectivity index (χ1v) is 3.54. The molecule has 0 saturated heterocycles. The first-order valence-electron chi connectivity index (χ1n) is 3.54. The van der Waals surface area contributed by atoms with Crippen molar-refractivity contribution in [2.45, 2.75) is 0 Å². The summed E-state index contributed by atoms with van der Waals surface area (Å²) in [5.41, 5.74) is -0.354. The minimum absolute atomic E-state index is 0.338. The van der Waals surface area contributed by atoms with Gasteiger partial charge in [0.15, 0.2) is 11.6 Å². The van der Waals surface area contributed by atoms with Gasteiger partial charge in [-0.3, -0.25) is 0 Å². The molecular weight excluding hydrogens is 197 g/mol. The third-order valence-corrected chi connectivity index (χ3v) is 1.44. The van der Waals surface area contributed by atoms with Gasteiger partial charge in [0.1, 0.15) is 5.82 Å². The Morgan fingerprint density at radius 3 is 2.29 bits per heavy atom. The lowest BCUT2D eigenvalue weighted by atomic mass is 10.2. The number of halogens is 3. The third kappa shape index (κ3) is 2.35. The van der Waals surface area contributed by atoms with E-state index < -0.39 is 23.4 Å². The second-order valence-electron chi connectivity index (χ2n) is 2.44. The minimum Gasteiger partial charge on any atom is -0.545 e. The lowest BCUT2D eigenvalue weighted by Gasteiger charge is -1.98. The number of aliphatic carboxylic acids is 1. The second kappa shape index (κ2) is 3.95. The summed E-state index contributed by atoms with van der Waals surface area (Å²) in [6.07, 6.45) is 1.31. The van der Waals surface area contributed by atoms with Gasteiger partial charge in [-0.05, 0) is 12.1 Å². The molecule has 74 valence electrons. The van der Waals surface area contributed by atoms with E-state index in [1.807, 2.05) is 0 Å². The van der Waals surface area contributed by atoms with Crippen LogP contribution in [0.3, 0.4) is 0 Å². The van der Waals surface area contributed by atoms with Gasteiger partial charge in [-0.2, -0.15) is 0 Å². The number of rotatable bonds is 2. The number of hydrogen-bond acceptors (Lipinski definition) is 2. The lowest BCUT2D eigenvalue weighted by molar-refractivity contribution is -0.297. The molecule has 0 aliphatic rings. The average Bonchev–Trinajstić information content (AvgIpc) is 2.09. The van der Waals surface area contributed by atoms with Crippen LogP contribution in [0.15, 0.2) is 18.2 Å². The monoisotopic (exact) mass is 201 g/mol. The summed E-state index contributed by atoms with van der Waals surface area (Å²) in [5, 5.41) is 9.95. The van der Waals surface area contributed by atoms with Crippen molar-refractivity contribution in [3.63, 3.8) is 0 Å². The molecule has 0 heterocycles. The van der Waals surface area contributed by atoms with Crippen LogP contribution in [0.5, 0.6) is 0 Å². The molecule has 0 aromatic heterocycles. The van der Waals surface area contributed by atoms with Crippen LogP contribution in [0.4, 0.5) is 13.2 Å². The van der Waals surface area contributed by atoms with Gasteiger partial charge in [0.2, 0.25) is 0 Å². The largest absolute Gasteiger partial charge is 0.545 e. The number of carbonyl (C=O) groups is 1. The summed E-state index contributed by atoms with van der Waals surface area (Å²) in [6.45, 7) is 0. The van der Waals surface area contributed by atoms with Crippen LogP contribution < -0.4 is 5.11 Å². The molecule has 14 heavy (non-hydrogen) atoms. The van der Waals surface area contributed by atoms with Crippen molar-refractivity contribution in [2.75, 3.05) is 0 Å². The van der Waals surface area contributed by atoms with Crippen LogP contribution in [-0.2, 0) is 4.79 Å². The molecule has 5 heteroatoms. The lowest BCUT2D eigenvalue weighted by Crippen LogP contribution is -2.18. The highest BCUT2D eigenvalue weighted by Crippen LogP contribution is 2.14. The minimum atomic E-state index is -1.55. The van der Waals surface area contributed by atoms with Crippen LogP contribution in [0.1, 0.15) is 5.56 Å². The van der Waals surface area contributed by atoms with Crippen molar-refractivity contribution in [2.24, 2.45) is 0 Å². The predicted molar refractivity (Wildman–Crippen MR) is 40.4 cm³/mol. The molecule has 0 fully saturated rings. The van der Waals surface area contributed by atoms with E-state index in [4.69, 9.17) is 0 Å². The zero-order valence-electron chi connectivity index (χ0n) is 6.76. The maximum atomic E-state index is 12.8. The SMILES string of the molecule is O=C([O-])/C=C/c1cc(F)c(F)cc1F. The molecule has 1 aromatic rings. The van der Waals surface area contributed by atoms with E-state index >= 15 is 0 Å². The molecule has 0 bridgehead atoms. The first-order chi connectivity index (χ1) is 6.50. The summed E-state index contributed by atoms with van der Waals surface area (Å²) < 4.78 is 37.7. The van der Waals surface area contributed by atoms with Crippen molar-refractivity contribution in [1.29, 1.82) is 0 Å². The summed E-state index contributed by atoms with van der Waals surface area (Å²) in [5.74, 6) is -5.16. The summed E-state index contributed by atoms with van der Waals surface area (Å²) in [7, 11) is 0. The Morgan fingerprint density at radius 2 is 1.71 bits per heavy atom. The topological polar surface area (TPSA) is 40.1 Å². The molecular formula is C9H4F3O2-. The van der Waals surface area contributed by atoms with Crippen molar-refractivity contribution >= 4 is 12.0 Å². The molecule has 0 N–H and O–H groups in total. The molecule has 0 aliphatic heterocycles. The molecule has 0 radical (unpaired) electrons. The fourth-order valence-electron chi connectivity index (χ4n) is 0.823. The average molecular weight is 201 g/mol. The molecule has 1 aromatic carbocycles. The molecule has 0 unspecified atom stereocenters. The Balaban J connectivity index is 3.10. The van der Waals surface area contributed by atoms with Crippen LogP contribution >= 0.6 is 0 Å². The van der Waals surface area contributed by atoms with Gasteiger partial charge < -0.3 is 9.90 Å². The fraction of sp³-hybridized carbons (Fsp3) is 0. The van der Waals surface area contributed by atoms with Crippen molar-refractivity contribution < 1.29 is 23.1 Å². The highest BCUT2D eigenvalue weighted by Gasteiger charge is 2.06. The summed E-state index contributed by atoms with van der Waals surface area (Å²) in [4.78, 5) is 9.95. The molecule has 0 spiro atoms. The van der Waals surface area contributed by atoms with Gasteiger partial charge in [0.25, 0.3) is 0 Å². The Bertz CT molecular complexity index is 399. The smallest absolute Gasteiger partial charge is 0.161 e. The van der Waals surface area contributed by atoms with E-state index in [0.29, 0.717) is 18.2 Å². The standard InChI is InChI=1S/C9H5F3O2/c10-6-4-8(12)7(11)3-5(6)1-2-9(13)14/h1-4H,(H,13,14)/p-1/b2-1+. The van der Waals surface area contributed by atoms with Gasteiger partial charge in [0.05, 0.1) is 5.97 Å². The number of carboxylic acid groups (broad SMARTS) is 1. The molecule has 1 rings (SSSR count). The van der Waals surface area contributed by atoms with Crippen molar-refractivity contribution in [3.8, 4) is 0 Å². The van der Waals surface area contributed by atoms with Crippen molar-refractivity contribution in [1.82, 2.24) is 0 Å². The Hall–Kier alpha value is -1.78. The molecule has 0 amide bonds. The maximum Gasteiger partial charge on any atom is 0.161 e. The van der Waals surface area contributed by atoms with Gasteiger partial charge in [-0.15, -0.1) is 0 Å². The third-order valence-electron chi connectivity index (χ3n) is 1.44. The van der Waals surface area contributed by atoms with Gasteiger partial charge in [0, 0.05) is 11.6 Å². The maximum absolute atomic E-state index is 12.8. The molecule has 0 aliphatic carbocycles. The predicted octanol–water partition coefficient (Wildman–Crippen LogP) is 0.867. The van der Waals surface area contributed by atoms with E-state index in [0.717, 1.165) is 6.08 Å². The van der Waals surface area contributed by atoms with E-state index in [1.54, 1.807) is 0 Å². The van der Waals surface area contributed by atoms with Crippen LogP contribution in [0, 0.1) is 17.5 Å². The first kappa shape index (κ1) is 10.3. The number of carbonyl (C=O) groups excluding carboxylic acids is 1. The summed E-state index contributed by atoms with van der Waals surface area (Å²) >= 11 is 0. The van der Waals surface area contributed by atoms with E-state index in [2.05, 4.69) is 0 Å². The van der Waals surface area contributed by atoms with Crippen LogP contribution in [-0.4, -0.2) is 5.97 Å². The zero-order valence-corrected chi connectivity index (χ0v) is 6.76. The molecule has 0 saturated carbocycles. The van der Waals surface area contributed by atoms with Crippen LogP contribution in [0.2, 0.25) is 0 Å². The highest BCUT2D eigenvalue weighted by atomic mass is 19.2. The normalized spacial score (nSPS) is 10.8. The summed E-state index contributed by atoms with van der Waals surface area (Å²) in [6, 6.07) is 0.897. The van der Waals surface area contributed by atoms with E-state index in [-0.39, 0.29) is 5.56 Å². The van der Waals surface area contributed by atoms with E-state index in [9.17, 15) is 23.1 Å².